The third-order valence-electron chi connectivity index (χ3n) is 5.73. The average Bonchev–Trinajstić information content (AvgIpc) is 2.79. The molecule has 2 aliphatic heterocycles. The summed E-state index contributed by atoms with van der Waals surface area (Å²) in [6.07, 6.45) is -13.7. The molecule has 0 radical (unpaired) electrons. The Bertz CT molecular complexity index is 683. The zero-order valence-corrected chi connectivity index (χ0v) is 18.6. The number of hydrogen-bond donors (Lipinski definition) is 10. The van der Waals surface area contributed by atoms with E-state index in [2.05, 4.69) is 10.6 Å². The minimum atomic E-state index is -2.45. The summed E-state index contributed by atoms with van der Waals surface area (Å²) in [5.41, 5.74) is 0. The highest BCUT2D eigenvalue weighted by Crippen LogP contribution is 2.30. The normalized spacial score (nSPS) is 39.4. The van der Waals surface area contributed by atoms with E-state index in [1.165, 1.54) is 0 Å². The molecule has 10 atom stereocenters. The molecule has 10 N–H and O–H groups in total. The molecule has 2 heterocycles. The van der Waals surface area contributed by atoms with E-state index < -0.39 is 86.6 Å². The van der Waals surface area contributed by atoms with Crippen LogP contribution in [0.4, 0.5) is 0 Å². The molecule has 2 saturated heterocycles. The topological polar surface area (TPSA) is 248 Å². The summed E-state index contributed by atoms with van der Waals surface area (Å²) < 4.78 is 15.7. The van der Waals surface area contributed by atoms with E-state index in [-0.39, 0.29) is 18.7 Å². The fourth-order valence-corrected chi connectivity index (χ4v) is 3.68. The van der Waals surface area contributed by atoms with Gasteiger partial charge in [-0.3, -0.25) is 14.9 Å². The van der Waals surface area contributed by atoms with Crippen LogP contribution in [0, 0.1) is 0 Å². The fourth-order valence-electron chi connectivity index (χ4n) is 3.68. The Morgan fingerprint density at radius 1 is 1.15 bits per heavy atom. The van der Waals surface area contributed by atoms with Crippen molar-refractivity contribution in [2.24, 2.45) is 0 Å². The summed E-state index contributed by atoms with van der Waals surface area (Å²) in [4.78, 5) is 23.1. The number of carbonyl (C=O) groups is 2. The van der Waals surface area contributed by atoms with E-state index in [0.29, 0.717) is 6.54 Å². The van der Waals surface area contributed by atoms with Gasteiger partial charge in [-0.2, -0.15) is 0 Å². The first-order chi connectivity index (χ1) is 15.9. The molecule has 0 aliphatic carbocycles. The summed E-state index contributed by atoms with van der Waals surface area (Å²) in [6.45, 7) is 0.154. The second-order valence-corrected chi connectivity index (χ2v) is 8.23. The molecule has 2 rings (SSSR count). The Balaban J connectivity index is 2.05. The highest BCUT2D eigenvalue weighted by atomic mass is 16.7. The van der Waals surface area contributed by atoms with Crippen molar-refractivity contribution in [2.75, 3.05) is 26.3 Å². The summed E-state index contributed by atoms with van der Waals surface area (Å²) in [6, 6.07) is -1.28. The largest absolute Gasteiger partial charge is 0.480 e. The van der Waals surface area contributed by atoms with Crippen LogP contribution in [0.2, 0.25) is 0 Å². The number of carbonyl (C=O) groups excluding carboxylic acids is 1. The van der Waals surface area contributed by atoms with Crippen molar-refractivity contribution >= 4 is 11.9 Å². The zero-order chi connectivity index (χ0) is 25.6. The smallest absolute Gasteiger partial charge is 0.320 e. The van der Waals surface area contributed by atoms with Crippen LogP contribution in [0.1, 0.15) is 19.8 Å². The predicted molar refractivity (Wildman–Crippen MR) is 109 cm³/mol. The van der Waals surface area contributed by atoms with Crippen molar-refractivity contribution in [3.05, 3.63) is 0 Å². The molecule has 1 unspecified atom stereocenters. The molecule has 2 fully saturated rings. The van der Waals surface area contributed by atoms with Gasteiger partial charge in [-0.15, -0.1) is 0 Å². The summed E-state index contributed by atoms with van der Waals surface area (Å²) >= 11 is 0. The molecule has 0 spiro atoms. The first-order valence-corrected chi connectivity index (χ1v) is 10.9. The van der Waals surface area contributed by atoms with Crippen LogP contribution in [0.15, 0.2) is 0 Å². The maximum Gasteiger partial charge on any atom is 0.320 e. The Morgan fingerprint density at radius 3 is 2.41 bits per heavy atom. The minimum Gasteiger partial charge on any atom is -0.480 e. The summed E-state index contributed by atoms with van der Waals surface area (Å²) in [5, 5.41) is 85.2. The van der Waals surface area contributed by atoms with E-state index in [9.17, 15) is 50.4 Å². The van der Waals surface area contributed by atoms with Crippen LogP contribution in [0.25, 0.3) is 0 Å². The number of aliphatic hydroxyl groups is 7. The SMILES string of the molecule is CCNC(=O)CC[C@H](NCC1(O)OC[C@@H](O)[C@@H](O[C@H]2O[C@H](CO)[C@@H](O)[C@H](O)[C@H]2O)[C@@H]1O)C(=O)O. The van der Waals surface area contributed by atoms with Gasteiger partial charge in [0.05, 0.1) is 19.8 Å². The molecule has 0 aromatic carbocycles. The second kappa shape index (κ2) is 12.5. The first kappa shape index (κ1) is 28.7. The standard InChI is InChI=1S/C19H34N2O13/c1-2-20-11(24)4-3-8(17(29)30)21-7-19(31)16(28)15(9(23)6-32-19)34-18-14(27)13(26)12(25)10(5-22)33-18/h8-10,12-16,18,21-23,25-28,31H,2-7H2,1H3,(H,20,24)(H,29,30)/t8-,9+,10+,12+,13-,14+,15+,16-,18+,19?/m0/s1. The fraction of sp³-hybridized carbons (Fsp3) is 0.895. The van der Waals surface area contributed by atoms with Gasteiger partial charge in [-0.05, 0) is 13.3 Å². The quantitative estimate of drug-likeness (QED) is 0.128. The first-order valence-electron chi connectivity index (χ1n) is 10.9. The van der Waals surface area contributed by atoms with Crippen molar-refractivity contribution in [1.82, 2.24) is 10.6 Å². The Hall–Kier alpha value is -1.50. The molecule has 0 bridgehead atoms. The molecule has 0 aromatic heterocycles. The number of amides is 1. The number of ether oxygens (including phenoxy) is 3. The number of aliphatic carboxylic acids is 1. The van der Waals surface area contributed by atoms with Crippen molar-refractivity contribution in [2.45, 2.75) is 80.6 Å². The number of nitrogens with one attached hydrogen (secondary N) is 2. The van der Waals surface area contributed by atoms with Crippen LogP contribution in [0.5, 0.6) is 0 Å². The van der Waals surface area contributed by atoms with Gasteiger partial charge in [0.1, 0.15) is 48.8 Å². The lowest BCUT2D eigenvalue weighted by molar-refractivity contribution is -0.367. The van der Waals surface area contributed by atoms with Crippen molar-refractivity contribution in [1.29, 1.82) is 0 Å². The molecule has 0 saturated carbocycles. The molecule has 34 heavy (non-hydrogen) atoms. The molecule has 15 heteroatoms. The van der Waals surface area contributed by atoms with Gasteiger partial charge in [0.15, 0.2) is 6.29 Å². The van der Waals surface area contributed by atoms with Crippen molar-refractivity contribution in [3.8, 4) is 0 Å². The van der Waals surface area contributed by atoms with Crippen LogP contribution < -0.4 is 10.6 Å². The lowest BCUT2D eigenvalue weighted by Crippen LogP contribution is -2.68. The number of hydrogen-bond acceptors (Lipinski definition) is 13. The Kier molecular flexibility index (Phi) is 10.5. The Morgan fingerprint density at radius 2 is 1.82 bits per heavy atom. The third kappa shape index (κ3) is 6.79. The van der Waals surface area contributed by atoms with E-state index in [1.807, 2.05) is 0 Å². The van der Waals surface area contributed by atoms with Crippen LogP contribution >= 0.6 is 0 Å². The van der Waals surface area contributed by atoms with Crippen LogP contribution in [-0.2, 0) is 23.8 Å². The zero-order valence-electron chi connectivity index (χ0n) is 18.6. The van der Waals surface area contributed by atoms with Crippen molar-refractivity contribution in [3.63, 3.8) is 0 Å². The lowest BCUT2D eigenvalue weighted by atomic mass is 9.95. The monoisotopic (exact) mass is 498 g/mol. The number of carboxylic acids is 1. The second-order valence-electron chi connectivity index (χ2n) is 8.23. The lowest BCUT2D eigenvalue weighted by Gasteiger charge is -2.47. The third-order valence-corrected chi connectivity index (χ3v) is 5.73. The minimum absolute atomic E-state index is 0.110. The van der Waals surface area contributed by atoms with E-state index in [0.717, 1.165) is 0 Å². The molecule has 1 amide bonds. The van der Waals surface area contributed by atoms with E-state index in [1.54, 1.807) is 6.92 Å². The highest BCUT2D eigenvalue weighted by molar-refractivity contribution is 5.78. The Labute approximate surface area is 194 Å². The summed E-state index contributed by atoms with van der Waals surface area (Å²) in [5.74, 6) is -4.12. The summed E-state index contributed by atoms with van der Waals surface area (Å²) in [7, 11) is 0. The van der Waals surface area contributed by atoms with Gasteiger partial charge in [-0.25, -0.2) is 0 Å². The number of carboxylic acid groups (broad SMARTS) is 1. The number of aliphatic hydroxyl groups excluding tert-OH is 6. The van der Waals surface area contributed by atoms with E-state index in [4.69, 9.17) is 14.2 Å². The molecule has 15 nitrogen and oxygen atoms in total. The van der Waals surface area contributed by atoms with Gasteiger partial charge in [-0.1, -0.05) is 0 Å². The van der Waals surface area contributed by atoms with Gasteiger partial charge in [0.2, 0.25) is 11.7 Å². The maximum absolute atomic E-state index is 11.6. The van der Waals surface area contributed by atoms with Crippen molar-refractivity contribution < 1.29 is 64.7 Å². The van der Waals surface area contributed by atoms with Gasteiger partial charge < -0.3 is 60.4 Å². The molecular formula is C19H34N2O13. The predicted octanol–water partition coefficient (Wildman–Crippen LogP) is -5.43. The van der Waals surface area contributed by atoms with Gasteiger partial charge in [0, 0.05) is 13.0 Å². The molecule has 0 aromatic rings. The molecule has 198 valence electrons. The number of rotatable bonds is 11. The van der Waals surface area contributed by atoms with Crippen LogP contribution in [-0.4, -0.2) is 140 Å². The van der Waals surface area contributed by atoms with Crippen LogP contribution in [0.3, 0.4) is 0 Å². The average molecular weight is 498 g/mol. The maximum atomic E-state index is 11.6. The highest BCUT2D eigenvalue weighted by Gasteiger charge is 2.53. The molecular weight excluding hydrogens is 464 g/mol. The van der Waals surface area contributed by atoms with E-state index >= 15 is 0 Å². The van der Waals surface area contributed by atoms with Gasteiger partial charge in [0.25, 0.3) is 0 Å². The van der Waals surface area contributed by atoms with Gasteiger partial charge >= 0.3 is 5.97 Å². The molecule has 2 aliphatic rings.